The summed E-state index contributed by atoms with van der Waals surface area (Å²) in [6.45, 7) is 2.13. The topological polar surface area (TPSA) is 82.2 Å². The molecule has 1 amide bonds. The van der Waals surface area contributed by atoms with Gasteiger partial charge in [-0.25, -0.2) is 4.79 Å². The van der Waals surface area contributed by atoms with Crippen LogP contribution in [0.4, 0.5) is 4.79 Å². The highest BCUT2D eigenvalue weighted by molar-refractivity contribution is 5.64. The second kappa shape index (κ2) is 5.95. The number of aryl methyl sites for hydroxylation is 1. The van der Waals surface area contributed by atoms with Crippen molar-refractivity contribution in [3.8, 4) is 0 Å². The highest BCUT2D eigenvalue weighted by Crippen LogP contribution is 2.00. The first-order chi connectivity index (χ1) is 7.63. The zero-order valence-electron chi connectivity index (χ0n) is 9.25. The van der Waals surface area contributed by atoms with Crippen LogP contribution >= 0.6 is 0 Å². The molecule has 0 unspecified atom stereocenters. The summed E-state index contributed by atoms with van der Waals surface area (Å²) in [5.41, 5.74) is 1.11. The van der Waals surface area contributed by atoms with Crippen molar-refractivity contribution in [2.24, 2.45) is 0 Å². The van der Waals surface area contributed by atoms with E-state index in [-0.39, 0.29) is 12.1 Å². The lowest BCUT2D eigenvalue weighted by Crippen LogP contribution is -2.25. The Morgan fingerprint density at radius 3 is 2.81 bits per heavy atom. The van der Waals surface area contributed by atoms with Crippen LogP contribution in [0.3, 0.4) is 0 Å². The van der Waals surface area contributed by atoms with Crippen LogP contribution in [0.1, 0.15) is 31.0 Å². The largest absolute Gasteiger partial charge is 0.465 e. The van der Waals surface area contributed by atoms with Gasteiger partial charge in [0.2, 0.25) is 0 Å². The summed E-state index contributed by atoms with van der Waals surface area (Å²) < 4.78 is 0. The van der Waals surface area contributed by atoms with E-state index in [0.717, 1.165) is 25.0 Å². The van der Waals surface area contributed by atoms with E-state index in [1.165, 1.54) is 0 Å². The van der Waals surface area contributed by atoms with Gasteiger partial charge in [0.15, 0.2) is 0 Å². The first kappa shape index (κ1) is 12.3. The number of pyridine rings is 1. The maximum Gasteiger partial charge on any atom is 0.404 e. The molecule has 0 radical (unpaired) electrons. The van der Waals surface area contributed by atoms with Gasteiger partial charge in [0.1, 0.15) is 0 Å². The Balaban J connectivity index is 2.67. The van der Waals surface area contributed by atoms with Crippen LogP contribution in [0.2, 0.25) is 0 Å². The van der Waals surface area contributed by atoms with Crippen molar-refractivity contribution < 1.29 is 9.90 Å². The molecule has 0 saturated heterocycles. The first-order valence-corrected chi connectivity index (χ1v) is 5.31. The molecule has 0 fully saturated rings. The predicted molar refractivity (Wildman–Crippen MR) is 60.5 cm³/mol. The minimum absolute atomic E-state index is 0.0404. The fourth-order valence-corrected chi connectivity index (χ4v) is 1.37. The number of carbonyl (C=O) groups is 1. The number of hydrogen-bond donors (Lipinski definition) is 3. The molecule has 1 aromatic heterocycles. The van der Waals surface area contributed by atoms with Gasteiger partial charge in [0, 0.05) is 11.3 Å². The Labute approximate surface area is 93.5 Å². The molecule has 0 aliphatic carbocycles. The number of hydrogen-bond acceptors (Lipinski definition) is 2. The molecule has 0 atom stereocenters. The number of H-pyrrole nitrogens is 1. The zero-order valence-corrected chi connectivity index (χ0v) is 9.25. The summed E-state index contributed by atoms with van der Waals surface area (Å²) in [5.74, 6) is 0. The lowest BCUT2D eigenvalue weighted by Gasteiger charge is -2.03. The first-order valence-electron chi connectivity index (χ1n) is 5.31. The number of nitrogens with one attached hydrogen (secondary N) is 2. The summed E-state index contributed by atoms with van der Waals surface area (Å²) in [6, 6.07) is 3.50. The third kappa shape index (κ3) is 3.76. The molecule has 0 aliphatic heterocycles. The quantitative estimate of drug-likeness (QED) is 0.708. The number of unbranched alkanes of at least 4 members (excludes halogenated alkanes) is 1. The molecule has 5 heteroatoms. The second-order valence-electron chi connectivity index (χ2n) is 3.60. The normalized spacial score (nSPS) is 10.1. The van der Waals surface area contributed by atoms with Crippen molar-refractivity contribution in [3.63, 3.8) is 0 Å². The van der Waals surface area contributed by atoms with E-state index in [1.807, 2.05) is 6.07 Å². The summed E-state index contributed by atoms with van der Waals surface area (Å²) in [7, 11) is 0. The van der Waals surface area contributed by atoms with E-state index in [2.05, 4.69) is 17.2 Å². The number of aromatic nitrogens is 1. The van der Waals surface area contributed by atoms with E-state index in [0.29, 0.717) is 5.56 Å². The summed E-state index contributed by atoms with van der Waals surface area (Å²) in [5, 5.41) is 10.6. The minimum Gasteiger partial charge on any atom is -0.465 e. The lowest BCUT2D eigenvalue weighted by atomic mass is 10.1. The lowest BCUT2D eigenvalue weighted by molar-refractivity contribution is 0.194. The van der Waals surface area contributed by atoms with Gasteiger partial charge in [0.05, 0.1) is 6.54 Å². The number of amides is 1. The standard InChI is InChI=1S/C11H16N2O3/c1-2-3-4-9-6-5-8(10(14)13-9)7-12-11(15)16/h5-6,12H,2-4,7H2,1H3,(H,13,14)(H,15,16). The minimum atomic E-state index is -1.13. The number of rotatable bonds is 5. The molecule has 1 heterocycles. The Hall–Kier alpha value is -1.78. The van der Waals surface area contributed by atoms with Crippen molar-refractivity contribution in [1.82, 2.24) is 10.3 Å². The summed E-state index contributed by atoms with van der Waals surface area (Å²) >= 11 is 0. The van der Waals surface area contributed by atoms with Crippen LogP contribution in [0.25, 0.3) is 0 Å². The molecular weight excluding hydrogens is 208 g/mol. The third-order valence-corrected chi connectivity index (χ3v) is 2.28. The average Bonchev–Trinajstić information content (AvgIpc) is 2.24. The van der Waals surface area contributed by atoms with Crippen LogP contribution in [0.15, 0.2) is 16.9 Å². The summed E-state index contributed by atoms with van der Waals surface area (Å²) in [6.07, 6.45) is 1.82. The molecule has 3 N–H and O–H groups in total. The molecule has 0 aliphatic rings. The molecule has 16 heavy (non-hydrogen) atoms. The molecule has 88 valence electrons. The van der Waals surface area contributed by atoms with Crippen LogP contribution in [0.5, 0.6) is 0 Å². The van der Waals surface area contributed by atoms with Crippen LogP contribution in [-0.2, 0) is 13.0 Å². The predicted octanol–water partition coefficient (Wildman–Crippen LogP) is 1.49. The molecule has 0 bridgehead atoms. The second-order valence-corrected chi connectivity index (χ2v) is 3.60. The zero-order chi connectivity index (χ0) is 12.0. The van der Waals surface area contributed by atoms with Crippen molar-refractivity contribution in [1.29, 1.82) is 0 Å². The SMILES string of the molecule is CCCCc1ccc(CNC(=O)O)c(=O)[nH]1. The van der Waals surface area contributed by atoms with Gasteiger partial charge < -0.3 is 15.4 Å². The van der Waals surface area contributed by atoms with Crippen molar-refractivity contribution in [2.75, 3.05) is 0 Å². The van der Waals surface area contributed by atoms with E-state index in [9.17, 15) is 9.59 Å². The maximum atomic E-state index is 11.5. The van der Waals surface area contributed by atoms with Crippen molar-refractivity contribution in [3.05, 3.63) is 33.7 Å². The fraction of sp³-hybridized carbons (Fsp3) is 0.455. The number of carboxylic acid groups (broad SMARTS) is 1. The van der Waals surface area contributed by atoms with Gasteiger partial charge in [-0.15, -0.1) is 0 Å². The van der Waals surface area contributed by atoms with E-state index >= 15 is 0 Å². The van der Waals surface area contributed by atoms with Crippen LogP contribution in [-0.4, -0.2) is 16.2 Å². The van der Waals surface area contributed by atoms with Crippen LogP contribution < -0.4 is 10.9 Å². The number of aromatic amines is 1. The monoisotopic (exact) mass is 224 g/mol. The van der Waals surface area contributed by atoms with Gasteiger partial charge in [0.25, 0.3) is 5.56 Å². The van der Waals surface area contributed by atoms with Crippen molar-refractivity contribution >= 4 is 6.09 Å². The highest BCUT2D eigenvalue weighted by atomic mass is 16.4. The Morgan fingerprint density at radius 1 is 1.50 bits per heavy atom. The van der Waals surface area contributed by atoms with Gasteiger partial charge in [-0.05, 0) is 18.9 Å². The van der Waals surface area contributed by atoms with Gasteiger partial charge in [-0.3, -0.25) is 4.79 Å². The molecule has 0 aromatic carbocycles. The molecular formula is C11H16N2O3. The molecule has 1 aromatic rings. The van der Waals surface area contributed by atoms with Gasteiger partial charge in [-0.2, -0.15) is 0 Å². The highest BCUT2D eigenvalue weighted by Gasteiger charge is 2.02. The average molecular weight is 224 g/mol. The third-order valence-electron chi connectivity index (χ3n) is 2.28. The van der Waals surface area contributed by atoms with E-state index in [1.54, 1.807) is 6.07 Å². The molecule has 1 rings (SSSR count). The molecule has 0 saturated carbocycles. The van der Waals surface area contributed by atoms with Gasteiger partial charge in [-0.1, -0.05) is 19.4 Å². The van der Waals surface area contributed by atoms with Crippen molar-refractivity contribution in [2.45, 2.75) is 32.7 Å². The molecule has 0 spiro atoms. The smallest absolute Gasteiger partial charge is 0.404 e. The van der Waals surface area contributed by atoms with Gasteiger partial charge >= 0.3 is 6.09 Å². The van der Waals surface area contributed by atoms with E-state index in [4.69, 9.17) is 5.11 Å². The fourth-order valence-electron chi connectivity index (χ4n) is 1.37. The van der Waals surface area contributed by atoms with E-state index < -0.39 is 6.09 Å². The summed E-state index contributed by atoms with van der Waals surface area (Å²) in [4.78, 5) is 24.5. The maximum absolute atomic E-state index is 11.5. The Bertz CT molecular complexity index is 412. The Kier molecular flexibility index (Phi) is 4.57. The molecule has 5 nitrogen and oxygen atoms in total. The van der Waals surface area contributed by atoms with Crippen LogP contribution in [0, 0.1) is 0 Å². The Morgan fingerprint density at radius 2 is 2.25 bits per heavy atom.